The number of hydrogen-bond acceptors (Lipinski definition) is 6. The molecule has 0 fully saturated rings. The van der Waals surface area contributed by atoms with Gasteiger partial charge in [0.05, 0.1) is 0 Å². The maximum atomic E-state index is 11.0. The van der Waals surface area contributed by atoms with Crippen molar-refractivity contribution in [1.82, 2.24) is 0 Å². The average Bonchev–Trinajstić information content (AvgIpc) is 2.20. The molecular formula is C8H18F4O8S2. The number of rotatable bonds is 7. The first-order valence-electron chi connectivity index (χ1n) is 5.43. The van der Waals surface area contributed by atoms with Crippen molar-refractivity contribution < 1.29 is 53.7 Å². The van der Waals surface area contributed by atoms with Crippen LogP contribution in [0.15, 0.2) is 0 Å². The lowest BCUT2D eigenvalue weighted by atomic mass is 10.3. The number of unbranched alkanes of at least 4 members (excludes halogenated alkanes) is 1. The minimum Gasteiger partial charge on any atom is -0.396 e. The molecule has 0 radical (unpaired) electrons. The Balaban J connectivity index is -0.000000249. The summed E-state index contributed by atoms with van der Waals surface area (Å²) >= 11 is 0. The largest absolute Gasteiger partial charge is 0.396 e. The number of halogens is 4. The molecule has 0 saturated carbocycles. The fraction of sp³-hybridized carbons (Fsp3) is 1.00. The van der Waals surface area contributed by atoms with Crippen molar-refractivity contribution in [3.05, 3.63) is 0 Å². The highest BCUT2D eigenvalue weighted by Gasteiger charge is 2.13. The van der Waals surface area contributed by atoms with Crippen molar-refractivity contribution in [3.8, 4) is 0 Å². The van der Waals surface area contributed by atoms with Gasteiger partial charge < -0.3 is 10.2 Å². The van der Waals surface area contributed by atoms with Gasteiger partial charge in [-0.05, 0) is 12.8 Å². The molecule has 0 atom stereocenters. The first kappa shape index (κ1) is 26.4. The second-order valence-corrected chi connectivity index (χ2v) is 6.43. The number of hydrogen-bond donors (Lipinski definition) is 4. The molecule has 14 heteroatoms. The van der Waals surface area contributed by atoms with Crippen molar-refractivity contribution >= 4 is 20.2 Å². The smallest absolute Gasteiger partial charge is 0.270 e. The molecule has 0 bridgehead atoms. The third-order valence-corrected chi connectivity index (χ3v) is 2.59. The first-order chi connectivity index (χ1) is 9.75. The summed E-state index contributed by atoms with van der Waals surface area (Å²) < 4.78 is 97.4. The Morgan fingerprint density at radius 3 is 0.955 bits per heavy atom. The summed E-state index contributed by atoms with van der Waals surface area (Å²) in [6.07, 6.45) is -4.55. The van der Waals surface area contributed by atoms with Gasteiger partial charge in [0, 0.05) is 13.2 Å². The van der Waals surface area contributed by atoms with Crippen molar-refractivity contribution in [3.63, 3.8) is 0 Å². The highest BCUT2D eigenvalue weighted by atomic mass is 32.2. The van der Waals surface area contributed by atoms with Crippen molar-refractivity contribution in [2.45, 2.75) is 25.7 Å². The zero-order valence-corrected chi connectivity index (χ0v) is 12.8. The Kier molecular flexibility index (Phi) is 16.9. The molecule has 0 heterocycles. The summed E-state index contributed by atoms with van der Waals surface area (Å²) in [4.78, 5) is 0. The minimum absolute atomic E-state index is 0.195. The molecule has 22 heavy (non-hydrogen) atoms. The van der Waals surface area contributed by atoms with E-state index in [0.29, 0.717) is 0 Å². The van der Waals surface area contributed by atoms with Crippen LogP contribution in [0.5, 0.6) is 0 Å². The average molecular weight is 382 g/mol. The van der Waals surface area contributed by atoms with E-state index in [0.717, 1.165) is 12.8 Å². The lowest BCUT2D eigenvalue weighted by molar-refractivity contribution is 0.171. The van der Waals surface area contributed by atoms with Gasteiger partial charge in [-0.1, -0.05) is 0 Å². The van der Waals surface area contributed by atoms with Gasteiger partial charge in [-0.3, -0.25) is 9.11 Å². The Morgan fingerprint density at radius 2 is 0.909 bits per heavy atom. The van der Waals surface area contributed by atoms with Gasteiger partial charge in [0.2, 0.25) is 0 Å². The van der Waals surface area contributed by atoms with Crippen LogP contribution in [0.25, 0.3) is 0 Å². The maximum absolute atomic E-state index is 11.0. The number of alkyl halides is 4. The van der Waals surface area contributed by atoms with Gasteiger partial charge >= 0.3 is 0 Å². The van der Waals surface area contributed by atoms with E-state index in [4.69, 9.17) is 19.3 Å². The van der Waals surface area contributed by atoms with Crippen molar-refractivity contribution in [1.29, 1.82) is 0 Å². The topological polar surface area (TPSA) is 149 Å². The number of aliphatic hydroxyl groups is 2. The van der Waals surface area contributed by atoms with E-state index < -0.39 is 44.6 Å². The molecule has 0 aromatic rings. The molecule has 0 unspecified atom stereocenters. The molecule has 0 spiro atoms. The van der Waals surface area contributed by atoms with Crippen molar-refractivity contribution in [2.24, 2.45) is 0 Å². The van der Waals surface area contributed by atoms with E-state index >= 15 is 0 Å². The Hall–Kier alpha value is -0.540. The molecule has 0 rings (SSSR count). The lowest BCUT2D eigenvalue weighted by Gasteiger charge is -1.91. The second kappa shape index (κ2) is 14.1. The van der Waals surface area contributed by atoms with E-state index in [2.05, 4.69) is 0 Å². The van der Waals surface area contributed by atoms with Gasteiger partial charge in [-0.25, -0.2) is 17.6 Å². The van der Waals surface area contributed by atoms with E-state index in [1.54, 1.807) is 0 Å². The third kappa shape index (κ3) is 42.7. The van der Waals surface area contributed by atoms with E-state index in [1.165, 1.54) is 0 Å². The van der Waals surface area contributed by atoms with Crippen LogP contribution in [0.2, 0.25) is 0 Å². The summed E-state index contributed by atoms with van der Waals surface area (Å²) in [5.41, 5.74) is 0. The molecule has 0 aliphatic carbocycles. The highest BCUT2D eigenvalue weighted by Crippen LogP contribution is 1.95. The van der Waals surface area contributed by atoms with Gasteiger partial charge in [0.1, 0.15) is 11.5 Å². The second-order valence-electron chi connectivity index (χ2n) is 3.43. The zero-order valence-electron chi connectivity index (χ0n) is 11.1. The van der Waals surface area contributed by atoms with Crippen LogP contribution in [0.4, 0.5) is 17.6 Å². The highest BCUT2D eigenvalue weighted by molar-refractivity contribution is 7.86. The quantitative estimate of drug-likeness (QED) is 0.274. The van der Waals surface area contributed by atoms with Crippen LogP contribution in [-0.2, 0) is 20.2 Å². The summed E-state index contributed by atoms with van der Waals surface area (Å²) in [5, 5.41) is 16.2. The predicted molar refractivity (Wildman–Crippen MR) is 68.2 cm³/mol. The fourth-order valence-electron chi connectivity index (χ4n) is 0.542. The lowest BCUT2D eigenvalue weighted by Crippen LogP contribution is -2.11. The molecule has 0 saturated heterocycles. The third-order valence-electron chi connectivity index (χ3n) is 1.24. The van der Waals surface area contributed by atoms with Crippen LogP contribution >= 0.6 is 0 Å². The van der Waals surface area contributed by atoms with Gasteiger partial charge in [-0.15, -0.1) is 0 Å². The Labute approximate surface area is 125 Å². The molecule has 138 valence electrons. The maximum Gasteiger partial charge on any atom is 0.270 e. The number of aliphatic hydroxyl groups excluding tert-OH is 2. The summed E-state index contributed by atoms with van der Waals surface area (Å²) in [5.74, 6) is -2.96. The van der Waals surface area contributed by atoms with Gasteiger partial charge in [-0.2, -0.15) is 16.8 Å². The van der Waals surface area contributed by atoms with Gasteiger partial charge in [0.25, 0.3) is 33.1 Å². The van der Waals surface area contributed by atoms with Crippen LogP contribution in [0.1, 0.15) is 12.8 Å². The standard InChI is InChI=1S/C4H10O2.2C2H4F2O3S/c5-3-1-2-4-6;2*3-2(4)1-8(5,6)7/h5-6H,1-4H2;2*2H,1H2,(H,5,6,7). The SMILES string of the molecule is O=S(=O)(O)CC(F)F.O=S(=O)(O)CC(F)F.OCCCCO. The Morgan fingerprint density at radius 1 is 0.682 bits per heavy atom. The monoisotopic (exact) mass is 382 g/mol. The van der Waals surface area contributed by atoms with E-state index in [9.17, 15) is 34.4 Å². The molecule has 0 aliphatic heterocycles. The molecule has 0 aromatic carbocycles. The van der Waals surface area contributed by atoms with Gasteiger partial charge in [0.15, 0.2) is 0 Å². The molecule has 0 amide bonds. The summed E-state index contributed by atoms with van der Waals surface area (Å²) in [6.45, 7) is 0.390. The fourth-order valence-corrected chi connectivity index (χ4v) is 1.18. The summed E-state index contributed by atoms with van der Waals surface area (Å²) in [7, 11) is -8.95. The Bertz CT molecular complexity index is 395. The predicted octanol–water partition coefficient (Wildman–Crippen LogP) is 0.0298. The molecule has 0 aliphatic rings. The van der Waals surface area contributed by atoms with Crippen LogP contribution in [-0.4, -0.2) is 73.7 Å². The molecule has 8 nitrogen and oxygen atoms in total. The normalized spacial score (nSPS) is 11.5. The first-order valence-corrected chi connectivity index (χ1v) is 8.65. The van der Waals surface area contributed by atoms with E-state index in [1.807, 2.05) is 0 Å². The van der Waals surface area contributed by atoms with Crippen LogP contribution in [0, 0.1) is 0 Å². The minimum atomic E-state index is -4.47. The molecule has 4 N–H and O–H groups in total. The summed E-state index contributed by atoms with van der Waals surface area (Å²) in [6, 6.07) is 0. The van der Waals surface area contributed by atoms with Crippen LogP contribution in [0.3, 0.4) is 0 Å². The van der Waals surface area contributed by atoms with Crippen molar-refractivity contribution in [2.75, 3.05) is 24.7 Å². The zero-order chi connectivity index (χ0) is 18.4. The molecule has 0 aromatic heterocycles. The van der Waals surface area contributed by atoms with Crippen LogP contribution < -0.4 is 0 Å². The van der Waals surface area contributed by atoms with E-state index in [-0.39, 0.29) is 13.2 Å². The molecular weight excluding hydrogens is 364 g/mol.